The Labute approximate surface area is 135 Å². The van der Waals surface area contributed by atoms with Crippen LogP contribution in [0.15, 0.2) is 18.2 Å². The Morgan fingerprint density at radius 1 is 1.39 bits per heavy atom. The van der Waals surface area contributed by atoms with Gasteiger partial charge in [0.05, 0.1) is 0 Å². The molecule has 0 radical (unpaired) electrons. The minimum absolute atomic E-state index is 0.0328. The minimum Gasteiger partial charge on any atom is -0.379 e. The van der Waals surface area contributed by atoms with E-state index in [0.717, 1.165) is 6.07 Å². The van der Waals surface area contributed by atoms with Gasteiger partial charge in [0.1, 0.15) is 0 Å². The van der Waals surface area contributed by atoms with Crippen molar-refractivity contribution < 1.29 is 18.7 Å². The van der Waals surface area contributed by atoms with Crippen LogP contribution in [0.2, 0.25) is 0 Å². The second-order valence-corrected chi connectivity index (χ2v) is 6.60. The summed E-state index contributed by atoms with van der Waals surface area (Å²) in [6.07, 6.45) is 1.00. The van der Waals surface area contributed by atoms with Crippen molar-refractivity contribution >= 4 is 5.91 Å². The molecule has 1 atom stereocenters. The van der Waals surface area contributed by atoms with E-state index in [2.05, 4.69) is 5.32 Å². The summed E-state index contributed by atoms with van der Waals surface area (Å²) in [6, 6.07) is 3.91. The van der Waals surface area contributed by atoms with Gasteiger partial charge >= 0.3 is 0 Å². The fraction of sp³-hybridized carbons (Fsp3) is 0.588. The lowest BCUT2D eigenvalue weighted by molar-refractivity contribution is -0.157. The molecule has 1 aromatic rings. The van der Waals surface area contributed by atoms with E-state index in [4.69, 9.17) is 0 Å². The zero-order chi connectivity index (χ0) is 17.0. The van der Waals surface area contributed by atoms with Crippen LogP contribution in [-0.4, -0.2) is 41.1 Å². The molecule has 4 nitrogen and oxygen atoms in total. The number of hydrogen-bond donors (Lipinski definition) is 2. The van der Waals surface area contributed by atoms with Gasteiger partial charge in [0.15, 0.2) is 17.2 Å². The molecular weight excluding hydrogens is 302 g/mol. The smallest absolute Gasteiger partial charge is 0.256 e. The lowest BCUT2D eigenvalue weighted by Gasteiger charge is -2.38. The van der Waals surface area contributed by atoms with Crippen LogP contribution >= 0.6 is 0 Å². The standard InChI is InChI=1S/C17H24F2N2O2/c1-12(2)9-20-11-17(23)7-4-8-21(16(17)22)10-13-5-3-6-14(18)15(13)19/h3,5-6,12,20,23H,4,7-11H2,1-2H3/t17-/m1/s1. The Kier molecular flexibility index (Phi) is 5.70. The van der Waals surface area contributed by atoms with Crippen molar-refractivity contribution in [2.24, 2.45) is 5.92 Å². The summed E-state index contributed by atoms with van der Waals surface area (Å²) >= 11 is 0. The van der Waals surface area contributed by atoms with Gasteiger partial charge in [0.2, 0.25) is 0 Å². The van der Waals surface area contributed by atoms with Crippen molar-refractivity contribution in [3.05, 3.63) is 35.4 Å². The number of likely N-dealkylation sites (tertiary alicyclic amines) is 1. The Morgan fingerprint density at radius 2 is 2.13 bits per heavy atom. The van der Waals surface area contributed by atoms with Crippen LogP contribution in [0, 0.1) is 17.6 Å². The second-order valence-electron chi connectivity index (χ2n) is 6.60. The van der Waals surface area contributed by atoms with Crippen LogP contribution in [0.25, 0.3) is 0 Å². The van der Waals surface area contributed by atoms with Gasteiger partial charge in [-0.1, -0.05) is 26.0 Å². The molecule has 2 rings (SSSR count). The van der Waals surface area contributed by atoms with Gasteiger partial charge < -0.3 is 15.3 Å². The monoisotopic (exact) mass is 326 g/mol. The highest BCUT2D eigenvalue weighted by Gasteiger charge is 2.41. The van der Waals surface area contributed by atoms with Crippen LogP contribution in [0.5, 0.6) is 0 Å². The number of carbonyl (C=O) groups is 1. The van der Waals surface area contributed by atoms with Crippen molar-refractivity contribution in [1.82, 2.24) is 10.2 Å². The molecule has 1 amide bonds. The molecular formula is C17H24F2N2O2. The van der Waals surface area contributed by atoms with Crippen LogP contribution < -0.4 is 5.32 Å². The highest BCUT2D eigenvalue weighted by atomic mass is 19.2. The lowest BCUT2D eigenvalue weighted by atomic mass is 9.91. The number of halogens is 2. The first-order valence-corrected chi connectivity index (χ1v) is 7.99. The normalized spacial score (nSPS) is 22.0. The molecule has 1 heterocycles. The van der Waals surface area contributed by atoms with E-state index in [1.54, 1.807) is 0 Å². The third-order valence-electron chi connectivity index (χ3n) is 4.07. The van der Waals surface area contributed by atoms with Gasteiger partial charge in [0.25, 0.3) is 5.91 Å². The highest BCUT2D eigenvalue weighted by Crippen LogP contribution is 2.24. The minimum atomic E-state index is -1.48. The van der Waals surface area contributed by atoms with Gasteiger partial charge in [-0.15, -0.1) is 0 Å². The number of piperidine rings is 1. The SMILES string of the molecule is CC(C)CNC[C@]1(O)CCCN(Cc2cccc(F)c2F)C1=O. The number of aliphatic hydroxyl groups is 1. The van der Waals surface area contributed by atoms with Gasteiger partial charge in [0, 0.05) is 25.2 Å². The maximum absolute atomic E-state index is 13.8. The first kappa shape index (κ1) is 17.8. The van der Waals surface area contributed by atoms with E-state index >= 15 is 0 Å². The van der Waals surface area contributed by atoms with Crippen molar-refractivity contribution in [3.8, 4) is 0 Å². The first-order valence-electron chi connectivity index (χ1n) is 7.99. The van der Waals surface area contributed by atoms with Crippen LogP contribution in [0.3, 0.4) is 0 Å². The maximum Gasteiger partial charge on any atom is 0.256 e. The zero-order valence-corrected chi connectivity index (χ0v) is 13.6. The largest absolute Gasteiger partial charge is 0.379 e. The molecule has 6 heteroatoms. The summed E-state index contributed by atoms with van der Waals surface area (Å²) in [7, 11) is 0. The average Bonchev–Trinajstić information content (AvgIpc) is 2.48. The second kappa shape index (κ2) is 7.36. The van der Waals surface area contributed by atoms with Crippen molar-refractivity contribution in [3.63, 3.8) is 0 Å². The molecule has 0 unspecified atom stereocenters. The molecule has 0 bridgehead atoms. The Bertz CT molecular complexity index is 566. The fourth-order valence-corrected chi connectivity index (χ4v) is 2.82. The Morgan fingerprint density at radius 3 is 2.83 bits per heavy atom. The number of amides is 1. The average molecular weight is 326 g/mol. The molecule has 23 heavy (non-hydrogen) atoms. The Hall–Kier alpha value is -1.53. The molecule has 0 aliphatic carbocycles. The van der Waals surface area contributed by atoms with Gasteiger partial charge in [-0.2, -0.15) is 0 Å². The van der Waals surface area contributed by atoms with Crippen molar-refractivity contribution in [2.75, 3.05) is 19.6 Å². The van der Waals surface area contributed by atoms with Gasteiger partial charge in [-0.3, -0.25) is 4.79 Å². The number of carbonyl (C=O) groups excluding carboxylic acids is 1. The molecule has 0 saturated carbocycles. The van der Waals surface area contributed by atoms with E-state index < -0.39 is 23.1 Å². The maximum atomic E-state index is 13.8. The van der Waals surface area contributed by atoms with Crippen molar-refractivity contribution in [2.45, 2.75) is 38.8 Å². The molecule has 1 saturated heterocycles. The van der Waals surface area contributed by atoms with Crippen molar-refractivity contribution in [1.29, 1.82) is 0 Å². The number of nitrogens with zero attached hydrogens (tertiary/aromatic N) is 1. The van der Waals surface area contributed by atoms with Gasteiger partial charge in [-0.25, -0.2) is 8.78 Å². The molecule has 1 aliphatic rings. The zero-order valence-electron chi connectivity index (χ0n) is 13.6. The predicted octanol–water partition coefficient (Wildman–Crippen LogP) is 2.06. The van der Waals surface area contributed by atoms with Gasteiger partial charge in [-0.05, 0) is 31.4 Å². The first-order chi connectivity index (χ1) is 10.8. The number of hydrogen-bond acceptors (Lipinski definition) is 3. The molecule has 1 aromatic carbocycles. The van der Waals surface area contributed by atoms with E-state index in [0.29, 0.717) is 31.8 Å². The fourth-order valence-electron chi connectivity index (χ4n) is 2.82. The molecule has 128 valence electrons. The molecule has 1 fully saturated rings. The summed E-state index contributed by atoms with van der Waals surface area (Å²) in [6.45, 7) is 5.36. The number of rotatable bonds is 6. The van der Waals surface area contributed by atoms with Crippen LogP contribution in [-0.2, 0) is 11.3 Å². The van der Waals surface area contributed by atoms with E-state index in [1.807, 2.05) is 13.8 Å². The molecule has 2 N–H and O–H groups in total. The molecule has 0 aromatic heterocycles. The quantitative estimate of drug-likeness (QED) is 0.841. The van der Waals surface area contributed by atoms with E-state index in [-0.39, 0.29) is 18.7 Å². The topological polar surface area (TPSA) is 52.6 Å². The van der Waals surface area contributed by atoms with E-state index in [9.17, 15) is 18.7 Å². The molecule has 1 aliphatic heterocycles. The van der Waals surface area contributed by atoms with Crippen LogP contribution in [0.1, 0.15) is 32.3 Å². The third kappa shape index (κ3) is 4.26. The summed E-state index contributed by atoms with van der Waals surface area (Å²) in [5, 5.41) is 13.7. The summed E-state index contributed by atoms with van der Waals surface area (Å²) in [4.78, 5) is 13.9. The summed E-state index contributed by atoms with van der Waals surface area (Å²) in [5.41, 5.74) is -1.35. The lowest BCUT2D eigenvalue weighted by Crippen LogP contribution is -2.58. The molecule has 0 spiro atoms. The Balaban J connectivity index is 2.05. The summed E-state index contributed by atoms with van der Waals surface area (Å²) in [5.74, 6) is -1.88. The number of nitrogens with one attached hydrogen (secondary N) is 1. The summed E-state index contributed by atoms with van der Waals surface area (Å²) < 4.78 is 27.1. The third-order valence-corrected chi connectivity index (χ3v) is 4.07. The highest BCUT2D eigenvalue weighted by molar-refractivity contribution is 5.86. The predicted molar refractivity (Wildman–Crippen MR) is 83.7 cm³/mol. The number of benzene rings is 1. The van der Waals surface area contributed by atoms with E-state index in [1.165, 1.54) is 17.0 Å². The van der Waals surface area contributed by atoms with Crippen LogP contribution in [0.4, 0.5) is 8.78 Å².